The molecule has 6 heteroatoms. The summed E-state index contributed by atoms with van der Waals surface area (Å²) in [6, 6.07) is 7.73. The van der Waals surface area contributed by atoms with Gasteiger partial charge in [0, 0.05) is 24.1 Å². The van der Waals surface area contributed by atoms with Crippen molar-refractivity contribution in [3.05, 3.63) is 30.6 Å². The smallest absolute Gasteiger partial charge is 0.224 e. The van der Waals surface area contributed by atoms with Crippen LogP contribution in [0.4, 0.5) is 5.69 Å². The summed E-state index contributed by atoms with van der Waals surface area (Å²) in [5.41, 5.74) is 0.803. The zero-order valence-electron chi connectivity index (χ0n) is 12.8. The second kappa shape index (κ2) is 6.30. The van der Waals surface area contributed by atoms with Gasteiger partial charge in [0.05, 0.1) is 0 Å². The number of carbonyl (C=O) groups is 1. The van der Waals surface area contributed by atoms with Crippen LogP contribution in [-0.4, -0.2) is 20.7 Å². The summed E-state index contributed by atoms with van der Waals surface area (Å²) in [5, 5.41) is 11.6. The largest absolute Gasteiger partial charge is 0.326 e. The van der Waals surface area contributed by atoms with E-state index in [4.69, 9.17) is 0 Å². The van der Waals surface area contributed by atoms with Gasteiger partial charge in [0.1, 0.15) is 6.33 Å². The van der Waals surface area contributed by atoms with E-state index in [1.165, 1.54) is 11.8 Å². The number of anilines is 1. The number of rotatable bonds is 4. The van der Waals surface area contributed by atoms with Crippen molar-refractivity contribution in [1.29, 1.82) is 0 Å². The minimum atomic E-state index is -0.00885. The van der Waals surface area contributed by atoms with Crippen LogP contribution in [0, 0.1) is 5.41 Å². The van der Waals surface area contributed by atoms with Gasteiger partial charge in [0.2, 0.25) is 5.91 Å². The minimum Gasteiger partial charge on any atom is -0.326 e. The average Bonchev–Trinajstić information content (AvgIpc) is 2.75. The van der Waals surface area contributed by atoms with Crippen molar-refractivity contribution in [3.63, 3.8) is 0 Å². The number of aryl methyl sites for hydroxylation is 1. The third-order valence-electron chi connectivity index (χ3n) is 2.71. The molecule has 2 rings (SSSR count). The van der Waals surface area contributed by atoms with Gasteiger partial charge in [-0.25, -0.2) is 0 Å². The van der Waals surface area contributed by atoms with Crippen LogP contribution in [0.2, 0.25) is 0 Å². The fourth-order valence-electron chi connectivity index (χ4n) is 1.76. The molecule has 0 radical (unpaired) electrons. The molecule has 0 fully saturated rings. The van der Waals surface area contributed by atoms with Crippen LogP contribution in [0.1, 0.15) is 27.2 Å². The Labute approximate surface area is 129 Å². The summed E-state index contributed by atoms with van der Waals surface area (Å²) in [4.78, 5) is 12.9. The molecule has 0 atom stereocenters. The van der Waals surface area contributed by atoms with E-state index in [9.17, 15) is 4.79 Å². The van der Waals surface area contributed by atoms with Crippen molar-refractivity contribution < 1.29 is 4.79 Å². The first kappa shape index (κ1) is 15.6. The standard InChI is InChI=1S/C15H20N4OS/c1-15(2,3)9-13(20)17-11-5-7-12(8-6-11)21-14-18-16-10-19(14)4/h5-8,10H,9H2,1-4H3,(H,17,20). The number of benzene rings is 1. The second-order valence-electron chi connectivity index (χ2n) is 6.14. The second-order valence-corrected chi connectivity index (χ2v) is 7.18. The van der Waals surface area contributed by atoms with Crippen LogP contribution in [0.15, 0.2) is 40.6 Å². The molecule has 0 unspecified atom stereocenters. The molecular weight excluding hydrogens is 284 g/mol. The van der Waals surface area contributed by atoms with Crippen molar-refractivity contribution in [2.75, 3.05) is 5.32 Å². The lowest BCUT2D eigenvalue weighted by atomic mass is 9.92. The maximum Gasteiger partial charge on any atom is 0.224 e. The third kappa shape index (κ3) is 4.90. The van der Waals surface area contributed by atoms with Crippen LogP contribution in [-0.2, 0) is 11.8 Å². The fraction of sp³-hybridized carbons (Fsp3) is 0.400. The molecule has 1 aromatic heterocycles. The zero-order valence-corrected chi connectivity index (χ0v) is 13.6. The number of carbonyl (C=O) groups excluding carboxylic acids is 1. The van der Waals surface area contributed by atoms with Gasteiger partial charge in [-0.15, -0.1) is 10.2 Å². The van der Waals surface area contributed by atoms with Gasteiger partial charge in [-0.2, -0.15) is 0 Å². The number of hydrogen-bond acceptors (Lipinski definition) is 4. The Bertz CT molecular complexity index is 613. The number of aromatic nitrogens is 3. The first-order valence-corrected chi connectivity index (χ1v) is 7.57. The first-order chi connectivity index (χ1) is 9.83. The van der Waals surface area contributed by atoms with E-state index in [2.05, 4.69) is 15.5 Å². The molecule has 0 aliphatic heterocycles. The van der Waals surface area contributed by atoms with Crippen molar-refractivity contribution in [1.82, 2.24) is 14.8 Å². The number of nitrogens with zero attached hydrogens (tertiary/aromatic N) is 3. The molecule has 0 spiro atoms. The highest BCUT2D eigenvalue weighted by atomic mass is 32.2. The summed E-state index contributed by atoms with van der Waals surface area (Å²) < 4.78 is 1.86. The maximum absolute atomic E-state index is 11.9. The Morgan fingerprint density at radius 2 is 1.95 bits per heavy atom. The predicted molar refractivity (Wildman–Crippen MR) is 84.3 cm³/mol. The molecule has 21 heavy (non-hydrogen) atoms. The molecule has 0 aliphatic rings. The summed E-state index contributed by atoms with van der Waals surface area (Å²) in [6.45, 7) is 6.15. The number of nitrogens with one attached hydrogen (secondary N) is 1. The predicted octanol–water partition coefficient (Wildman–Crippen LogP) is 3.34. The molecule has 0 bridgehead atoms. The monoisotopic (exact) mass is 304 g/mol. The van der Waals surface area contributed by atoms with Crippen LogP contribution in [0.25, 0.3) is 0 Å². The maximum atomic E-state index is 11.9. The van der Waals surface area contributed by atoms with Gasteiger partial charge in [-0.3, -0.25) is 4.79 Å². The Balaban J connectivity index is 1.96. The molecule has 112 valence electrons. The topological polar surface area (TPSA) is 59.8 Å². The van der Waals surface area contributed by atoms with E-state index in [0.29, 0.717) is 6.42 Å². The van der Waals surface area contributed by atoms with Gasteiger partial charge < -0.3 is 9.88 Å². The van der Waals surface area contributed by atoms with Crippen LogP contribution in [0.3, 0.4) is 0 Å². The van der Waals surface area contributed by atoms with E-state index < -0.39 is 0 Å². The Kier molecular flexibility index (Phi) is 4.67. The summed E-state index contributed by atoms with van der Waals surface area (Å²) in [7, 11) is 1.91. The van der Waals surface area contributed by atoms with Gasteiger partial charge >= 0.3 is 0 Å². The number of amides is 1. The van der Waals surface area contributed by atoms with E-state index in [1.807, 2.05) is 56.7 Å². The summed E-state index contributed by atoms with van der Waals surface area (Å²) >= 11 is 1.54. The van der Waals surface area contributed by atoms with Gasteiger partial charge in [0.15, 0.2) is 5.16 Å². The lowest BCUT2D eigenvalue weighted by Gasteiger charge is -2.17. The Hall–Kier alpha value is -1.82. The SMILES string of the molecule is Cn1cnnc1Sc1ccc(NC(=O)CC(C)(C)C)cc1. The van der Waals surface area contributed by atoms with Gasteiger partial charge in [0.25, 0.3) is 0 Å². The molecule has 0 aliphatic carbocycles. The Morgan fingerprint density at radius 3 is 2.48 bits per heavy atom. The van der Waals surface area contributed by atoms with Crippen molar-refractivity contribution in [3.8, 4) is 0 Å². The van der Waals surface area contributed by atoms with Crippen LogP contribution in [0.5, 0.6) is 0 Å². The molecular formula is C15H20N4OS. The summed E-state index contributed by atoms with van der Waals surface area (Å²) in [6.07, 6.45) is 2.17. The van der Waals surface area contributed by atoms with Crippen LogP contribution < -0.4 is 5.32 Å². The van der Waals surface area contributed by atoms with E-state index in [1.54, 1.807) is 6.33 Å². The molecule has 0 saturated heterocycles. The minimum absolute atomic E-state index is 0.00885. The zero-order chi connectivity index (χ0) is 15.5. The fourth-order valence-corrected chi connectivity index (χ4v) is 2.53. The first-order valence-electron chi connectivity index (χ1n) is 6.75. The van der Waals surface area contributed by atoms with Crippen molar-refractivity contribution >= 4 is 23.4 Å². The van der Waals surface area contributed by atoms with Crippen molar-refractivity contribution in [2.45, 2.75) is 37.2 Å². The van der Waals surface area contributed by atoms with E-state index >= 15 is 0 Å². The molecule has 1 aromatic carbocycles. The van der Waals surface area contributed by atoms with Crippen LogP contribution >= 0.6 is 11.8 Å². The van der Waals surface area contributed by atoms with E-state index in [-0.39, 0.29) is 11.3 Å². The molecule has 2 aromatic rings. The lowest BCUT2D eigenvalue weighted by Crippen LogP contribution is -2.19. The highest BCUT2D eigenvalue weighted by Crippen LogP contribution is 2.26. The van der Waals surface area contributed by atoms with Gasteiger partial charge in [-0.1, -0.05) is 20.8 Å². The number of hydrogen-bond donors (Lipinski definition) is 1. The molecule has 5 nitrogen and oxygen atoms in total. The average molecular weight is 304 g/mol. The highest BCUT2D eigenvalue weighted by Gasteiger charge is 2.15. The van der Waals surface area contributed by atoms with Gasteiger partial charge in [-0.05, 0) is 41.4 Å². The molecule has 0 saturated carbocycles. The lowest BCUT2D eigenvalue weighted by molar-refractivity contribution is -0.117. The molecule has 1 heterocycles. The summed E-state index contributed by atoms with van der Waals surface area (Å²) in [5.74, 6) is 0.0382. The molecule has 1 N–H and O–H groups in total. The Morgan fingerprint density at radius 1 is 1.29 bits per heavy atom. The highest BCUT2D eigenvalue weighted by molar-refractivity contribution is 7.99. The quantitative estimate of drug-likeness (QED) is 0.941. The van der Waals surface area contributed by atoms with Crippen molar-refractivity contribution in [2.24, 2.45) is 12.5 Å². The van der Waals surface area contributed by atoms with E-state index in [0.717, 1.165) is 15.7 Å². The normalized spacial score (nSPS) is 11.4. The third-order valence-corrected chi connectivity index (χ3v) is 3.77. The molecule has 1 amide bonds.